The van der Waals surface area contributed by atoms with Gasteiger partial charge in [0.05, 0.1) is 19.1 Å². The van der Waals surface area contributed by atoms with E-state index in [2.05, 4.69) is 19.9 Å². The summed E-state index contributed by atoms with van der Waals surface area (Å²) in [5.41, 5.74) is 6.87. The summed E-state index contributed by atoms with van der Waals surface area (Å²) in [6.45, 7) is 1.82. The van der Waals surface area contributed by atoms with E-state index in [4.69, 9.17) is 5.73 Å². The Hall–Kier alpha value is -3.33. The molecule has 0 radical (unpaired) electrons. The summed E-state index contributed by atoms with van der Waals surface area (Å²) < 4.78 is 14.9. The zero-order valence-electron chi connectivity index (χ0n) is 16.1. The lowest BCUT2D eigenvalue weighted by Gasteiger charge is -2.24. The molecule has 3 heterocycles. The van der Waals surface area contributed by atoms with Gasteiger partial charge in [-0.3, -0.25) is 14.3 Å². The molecular weight excluding hydrogens is 373 g/mol. The number of hydrogen-bond donors (Lipinski definition) is 1. The minimum absolute atomic E-state index is 0.0945. The molecule has 0 spiro atoms. The van der Waals surface area contributed by atoms with Gasteiger partial charge in [-0.05, 0) is 43.8 Å². The molecule has 1 aliphatic heterocycles. The molecule has 1 aromatic carbocycles. The third-order valence-electron chi connectivity index (χ3n) is 5.15. The molecule has 2 N–H and O–H groups in total. The number of nitrogen functional groups attached to an aromatic ring is 1. The Morgan fingerprint density at radius 2 is 2.10 bits per heavy atom. The molecule has 9 heteroatoms. The van der Waals surface area contributed by atoms with Crippen molar-refractivity contribution in [2.75, 3.05) is 25.9 Å². The fraction of sp³-hybridized carbons (Fsp3) is 0.300. The molecule has 0 aliphatic carbocycles. The second kappa shape index (κ2) is 7.96. The Morgan fingerprint density at radius 3 is 2.86 bits per heavy atom. The van der Waals surface area contributed by atoms with Gasteiger partial charge in [-0.2, -0.15) is 0 Å². The molecule has 2 aromatic heterocycles. The highest BCUT2D eigenvalue weighted by molar-refractivity contribution is 5.93. The van der Waals surface area contributed by atoms with Crippen LogP contribution in [0.5, 0.6) is 0 Å². The van der Waals surface area contributed by atoms with Gasteiger partial charge in [0, 0.05) is 31.0 Å². The summed E-state index contributed by atoms with van der Waals surface area (Å²) in [5.74, 6) is 0.687. The van der Waals surface area contributed by atoms with Crippen molar-refractivity contribution in [3.63, 3.8) is 0 Å². The Labute approximate surface area is 167 Å². The fourth-order valence-corrected chi connectivity index (χ4v) is 3.55. The average Bonchev–Trinajstić information content (AvgIpc) is 3.38. The van der Waals surface area contributed by atoms with Gasteiger partial charge in [-0.15, -0.1) is 0 Å². The smallest absolute Gasteiger partial charge is 0.272 e. The highest BCUT2D eigenvalue weighted by Crippen LogP contribution is 2.20. The Bertz CT molecular complexity index is 1000. The average molecular weight is 395 g/mol. The van der Waals surface area contributed by atoms with E-state index in [-0.39, 0.29) is 17.8 Å². The van der Waals surface area contributed by atoms with Gasteiger partial charge in [0.1, 0.15) is 23.2 Å². The number of likely N-dealkylation sites (N-methyl/N-ethyl adjacent to an activating group) is 1. The van der Waals surface area contributed by atoms with Crippen LogP contribution in [-0.2, 0) is 6.54 Å². The van der Waals surface area contributed by atoms with Crippen LogP contribution in [0, 0.1) is 5.82 Å². The molecule has 150 valence electrons. The molecule has 0 saturated carbocycles. The molecule has 4 rings (SSSR count). The summed E-state index contributed by atoms with van der Waals surface area (Å²) in [4.78, 5) is 29.6. The number of nitrogens with zero attached hydrogens (tertiary/aromatic N) is 6. The number of carbonyl (C=O) groups is 1. The molecule has 8 nitrogen and oxygen atoms in total. The van der Waals surface area contributed by atoms with E-state index in [1.165, 1.54) is 12.1 Å². The topological polar surface area (TPSA) is 93.2 Å². The van der Waals surface area contributed by atoms with Crippen molar-refractivity contribution in [2.24, 2.45) is 0 Å². The molecule has 3 aromatic rings. The Kier molecular flexibility index (Phi) is 5.22. The van der Waals surface area contributed by atoms with Crippen molar-refractivity contribution < 1.29 is 9.18 Å². The second-order valence-electron chi connectivity index (χ2n) is 7.13. The highest BCUT2D eigenvalue weighted by Gasteiger charge is 2.31. The van der Waals surface area contributed by atoms with Crippen molar-refractivity contribution in [3.05, 3.63) is 66.4 Å². The van der Waals surface area contributed by atoms with Crippen LogP contribution in [0.4, 0.5) is 10.2 Å². The Balaban J connectivity index is 1.44. The summed E-state index contributed by atoms with van der Waals surface area (Å²) in [7, 11) is 1.99. The van der Waals surface area contributed by atoms with E-state index < -0.39 is 0 Å². The van der Waals surface area contributed by atoms with Gasteiger partial charge in [0.25, 0.3) is 5.91 Å². The molecule has 29 heavy (non-hydrogen) atoms. The second-order valence-corrected chi connectivity index (χ2v) is 7.13. The Morgan fingerprint density at radius 1 is 1.31 bits per heavy atom. The largest absolute Gasteiger partial charge is 0.384 e. The van der Waals surface area contributed by atoms with Gasteiger partial charge in [0.15, 0.2) is 0 Å². The van der Waals surface area contributed by atoms with E-state index in [1.807, 2.05) is 11.9 Å². The van der Waals surface area contributed by atoms with Crippen LogP contribution in [0.3, 0.4) is 0 Å². The van der Waals surface area contributed by atoms with Crippen molar-refractivity contribution >= 4 is 11.7 Å². The lowest BCUT2D eigenvalue weighted by molar-refractivity contribution is 0.0771. The standard InChI is InChI=1S/C20H22FN7O/c1-26(12-19-24-8-6-18(22)25-19)16-7-9-27(11-16)20(29)17-10-23-13-28(17)15-4-2-14(21)3-5-15/h2-6,8,10,13,16H,7,9,11-12H2,1H3,(H2,22,24,25). The maximum Gasteiger partial charge on any atom is 0.272 e. The summed E-state index contributed by atoms with van der Waals surface area (Å²) >= 11 is 0. The quantitative estimate of drug-likeness (QED) is 0.707. The molecule has 1 unspecified atom stereocenters. The SMILES string of the molecule is CN(Cc1nccc(N)n1)C1CCN(C(=O)c2cncn2-c2ccc(F)cc2)C1. The lowest BCUT2D eigenvalue weighted by Crippen LogP contribution is -2.37. The number of carbonyl (C=O) groups excluding carboxylic acids is 1. The monoisotopic (exact) mass is 395 g/mol. The van der Waals surface area contributed by atoms with Crippen LogP contribution in [0.25, 0.3) is 5.69 Å². The summed E-state index contributed by atoms with van der Waals surface area (Å²) in [6.07, 6.45) is 5.61. The van der Waals surface area contributed by atoms with Crippen LogP contribution in [0.1, 0.15) is 22.7 Å². The number of hydrogen-bond acceptors (Lipinski definition) is 6. The van der Waals surface area contributed by atoms with Gasteiger partial charge >= 0.3 is 0 Å². The molecule has 1 saturated heterocycles. The lowest BCUT2D eigenvalue weighted by atomic mass is 10.2. The predicted molar refractivity (Wildman–Crippen MR) is 106 cm³/mol. The molecule has 1 aliphatic rings. The summed E-state index contributed by atoms with van der Waals surface area (Å²) in [5, 5.41) is 0. The number of likely N-dealkylation sites (tertiary alicyclic amines) is 1. The van der Waals surface area contributed by atoms with Crippen molar-refractivity contribution in [1.29, 1.82) is 0 Å². The van der Waals surface area contributed by atoms with Crippen LogP contribution in [0.2, 0.25) is 0 Å². The fourth-order valence-electron chi connectivity index (χ4n) is 3.55. The number of halogens is 1. The molecule has 1 amide bonds. The first kappa shape index (κ1) is 19.0. The van der Waals surface area contributed by atoms with Crippen molar-refractivity contribution in [2.45, 2.75) is 19.0 Å². The number of nitrogens with two attached hydrogens (primary N) is 1. The number of rotatable bonds is 5. The normalized spacial score (nSPS) is 16.5. The van der Waals surface area contributed by atoms with Gasteiger partial charge in [0.2, 0.25) is 0 Å². The van der Waals surface area contributed by atoms with Crippen LogP contribution >= 0.6 is 0 Å². The van der Waals surface area contributed by atoms with E-state index in [1.54, 1.807) is 41.5 Å². The number of amides is 1. The van der Waals surface area contributed by atoms with E-state index >= 15 is 0 Å². The maximum atomic E-state index is 13.2. The highest BCUT2D eigenvalue weighted by atomic mass is 19.1. The first-order valence-corrected chi connectivity index (χ1v) is 9.36. The van der Waals surface area contributed by atoms with E-state index in [0.29, 0.717) is 42.7 Å². The maximum absolute atomic E-state index is 13.2. The molecule has 0 bridgehead atoms. The van der Waals surface area contributed by atoms with Gasteiger partial charge in [-0.25, -0.2) is 19.3 Å². The first-order chi connectivity index (χ1) is 14.0. The third kappa shape index (κ3) is 4.09. The van der Waals surface area contributed by atoms with Crippen molar-refractivity contribution in [1.82, 2.24) is 29.3 Å². The number of anilines is 1. The molecule has 1 fully saturated rings. The number of imidazole rings is 1. The zero-order chi connectivity index (χ0) is 20.4. The molecule has 1 atom stereocenters. The minimum atomic E-state index is -0.323. The molecular formula is C20H22FN7O. The number of benzene rings is 1. The van der Waals surface area contributed by atoms with E-state index in [9.17, 15) is 9.18 Å². The zero-order valence-corrected chi connectivity index (χ0v) is 16.1. The van der Waals surface area contributed by atoms with Crippen molar-refractivity contribution in [3.8, 4) is 5.69 Å². The van der Waals surface area contributed by atoms with Gasteiger partial charge in [-0.1, -0.05) is 0 Å². The summed E-state index contributed by atoms with van der Waals surface area (Å²) in [6, 6.07) is 7.83. The van der Waals surface area contributed by atoms with Crippen LogP contribution < -0.4 is 5.73 Å². The van der Waals surface area contributed by atoms with Crippen LogP contribution in [0.15, 0.2) is 49.1 Å². The van der Waals surface area contributed by atoms with Gasteiger partial charge < -0.3 is 10.6 Å². The minimum Gasteiger partial charge on any atom is -0.384 e. The first-order valence-electron chi connectivity index (χ1n) is 9.36. The third-order valence-corrected chi connectivity index (χ3v) is 5.15. The van der Waals surface area contributed by atoms with Crippen LogP contribution in [-0.4, -0.2) is 61.4 Å². The number of aromatic nitrogens is 4. The predicted octanol–water partition coefficient (Wildman–Crippen LogP) is 1.73. The van der Waals surface area contributed by atoms with E-state index in [0.717, 1.165) is 6.42 Å².